The summed E-state index contributed by atoms with van der Waals surface area (Å²) in [5.74, 6) is 0. The number of pyridine rings is 2. The van der Waals surface area contributed by atoms with E-state index >= 15 is 0 Å². The Morgan fingerprint density at radius 2 is 1.45 bits per heavy atom. The number of aryl methyl sites for hydroxylation is 2. The van der Waals surface area contributed by atoms with Crippen LogP contribution in [0.2, 0.25) is 0 Å². The van der Waals surface area contributed by atoms with Gasteiger partial charge in [0.05, 0.1) is 5.58 Å². The molecule has 0 aliphatic rings. The predicted octanol–water partition coefficient (Wildman–Crippen LogP) is 12.0. The Bertz CT molecular complexity index is 2610. The van der Waals surface area contributed by atoms with Crippen LogP contribution in [0.3, 0.4) is 0 Å². The normalized spacial score (nSPS) is 14.0. The Morgan fingerprint density at radius 3 is 2.14 bits per heavy atom. The van der Waals surface area contributed by atoms with Crippen LogP contribution < -0.4 is 0 Å². The summed E-state index contributed by atoms with van der Waals surface area (Å²) in [6.07, 6.45) is 1.86. The van der Waals surface area contributed by atoms with Gasteiger partial charge in [0.1, 0.15) is 5.58 Å². The quantitative estimate of drug-likeness (QED) is 0.166. The molecule has 8 rings (SSSR count). The summed E-state index contributed by atoms with van der Waals surface area (Å²) in [6.45, 7) is 2.59. The van der Waals surface area contributed by atoms with Gasteiger partial charge in [-0.2, -0.15) is 0 Å². The molecule has 0 saturated carbocycles. The van der Waals surface area contributed by atoms with Crippen molar-refractivity contribution in [3.8, 4) is 33.6 Å². The molecule has 49 heavy (non-hydrogen) atoms. The maximum absolute atomic E-state index is 8.53. The van der Waals surface area contributed by atoms with Crippen LogP contribution >= 0.6 is 0 Å². The largest absolute Gasteiger partial charge is 0.476 e. The van der Waals surface area contributed by atoms with E-state index in [0.29, 0.717) is 22.4 Å². The van der Waals surface area contributed by atoms with Crippen LogP contribution in [0, 0.1) is 31.3 Å². The number of benzene rings is 5. The average Bonchev–Trinajstić information content (AvgIpc) is 3.53. The first kappa shape index (κ1) is 26.0. The van der Waals surface area contributed by atoms with Crippen molar-refractivity contribution in [3.05, 3.63) is 156 Å². The van der Waals surface area contributed by atoms with Crippen molar-refractivity contribution >= 4 is 32.7 Å². The molecule has 0 atom stereocenters. The van der Waals surface area contributed by atoms with Gasteiger partial charge in [-0.15, -0.1) is 53.1 Å². The van der Waals surface area contributed by atoms with Gasteiger partial charge in [0.25, 0.3) is 0 Å². The molecule has 245 valence electrons. The molecule has 3 heterocycles. The van der Waals surface area contributed by atoms with Gasteiger partial charge in [0, 0.05) is 42.1 Å². The van der Waals surface area contributed by atoms with Gasteiger partial charge in [-0.05, 0) is 80.6 Å². The Morgan fingerprint density at radius 1 is 0.694 bits per heavy atom. The van der Waals surface area contributed by atoms with E-state index < -0.39 is 25.5 Å². The molecule has 0 fully saturated rings. The van der Waals surface area contributed by atoms with Gasteiger partial charge in [-0.1, -0.05) is 112 Å². The number of rotatable bonds is 4. The second-order valence-corrected chi connectivity index (χ2v) is 12.8. The standard InChI is InChI=1S/C32H26NO.C13H12N.Ir/c1-32(2,3)20-21-8-10-22(11-9-21)25-14-15-33-29(17-25)26-12-13-27-28-16-23-6-4-5-7-24(23)18-31(28)34-30(27)19-26;1-10-3-6-12(7-4-10)13-8-5-11(2)9-14-13;/h4-11,13-19H,20H2,1-3H3;3-6,8-9H,1-2H3;/q2*-1;/i20D2;1D3,2D2;. The number of furan rings is 1. The van der Waals surface area contributed by atoms with Crippen LogP contribution in [0.1, 0.15) is 47.1 Å². The molecule has 0 amide bonds. The molecule has 0 aliphatic heterocycles. The summed E-state index contributed by atoms with van der Waals surface area (Å²) in [4.78, 5) is 8.75. The average molecular weight is 822 g/mol. The Balaban J connectivity index is 0.000000226. The van der Waals surface area contributed by atoms with Crippen molar-refractivity contribution < 1.29 is 34.1 Å². The molecule has 3 nitrogen and oxygen atoms in total. The molecule has 4 heteroatoms. The van der Waals surface area contributed by atoms with Crippen LogP contribution in [0.25, 0.3) is 66.4 Å². The van der Waals surface area contributed by atoms with Crippen LogP contribution in [0.4, 0.5) is 0 Å². The minimum atomic E-state index is -2.13. The van der Waals surface area contributed by atoms with E-state index in [1.54, 1.807) is 24.4 Å². The molecule has 0 saturated heterocycles. The number of aromatic nitrogens is 2. The summed E-state index contributed by atoms with van der Waals surface area (Å²) >= 11 is 0. The van der Waals surface area contributed by atoms with Gasteiger partial charge in [0.15, 0.2) is 0 Å². The molecule has 0 unspecified atom stereocenters. The third kappa shape index (κ3) is 7.89. The van der Waals surface area contributed by atoms with Crippen molar-refractivity contribution in [1.29, 1.82) is 0 Å². The third-order valence-electron chi connectivity index (χ3n) is 7.92. The smallest absolute Gasteiger partial charge is 0.124 e. The molecule has 0 N–H and O–H groups in total. The maximum atomic E-state index is 8.53. The summed E-state index contributed by atoms with van der Waals surface area (Å²) in [7, 11) is 0. The molecule has 0 spiro atoms. The van der Waals surface area contributed by atoms with Crippen molar-refractivity contribution in [2.45, 2.75) is 40.9 Å². The predicted molar refractivity (Wildman–Crippen MR) is 200 cm³/mol. The van der Waals surface area contributed by atoms with Gasteiger partial charge in [-0.25, -0.2) is 0 Å². The minimum absolute atomic E-state index is 0. The SMILES string of the molecule is [2H]C([2H])(c1ccc(-c2ccnc(-c3[c-]cc4c(c3)oc3cc5ccccc5cc34)c2)cc1)C(C)(C)C.[2H]C([2H])c1ccc(-c2[c-]cc(C([2H])([2H])[2H])cc2)nc1.[Ir]. The van der Waals surface area contributed by atoms with Crippen LogP contribution in [-0.2, 0) is 26.5 Å². The van der Waals surface area contributed by atoms with E-state index in [1.807, 2.05) is 81.4 Å². The fraction of sp³-hybridized carbons (Fsp3) is 0.156. The van der Waals surface area contributed by atoms with Crippen molar-refractivity contribution in [1.82, 2.24) is 9.97 Å². The van der Waals surface area contributed by atoms with Gasteiger partial charge in [-0.3, -0.25) is 0 Å². The topological polar surface area (TPSA) is 38.9 Å². The van der Waals surface area contributed by atoms with Gasteiger partial charge < -0.3 is 14.4 Å². The first-order valence-corrected chi connectivity index (χ1v) is 15.8. The van der Waals surface area contributed by atoms with Crippen LogP contribution in [0.15, 0.2) is 132 Å². The number of fused-ring (bicyclic) bond motifs is 4. The Labute approximate surface area is 312 Å². The molecule has 3 aromatic heterocycles. The van der Waals surface area contributed by atoms with E-state index in [1.165, 1.54) is 23.7 Å². The third-order valence-corrected chi connectivity index (χ3v) is 7.92. The van der Waals surface area contributed by atoms with E-state index in [0.717, 1.165) is 49.7 Å². The second-order valence-electron chi connectivity index (χ2n) is 12.8. The summed E-state index contributed by atoms with van der Waals surface area (Å²) in [5, 5.41) is 4.47. The van der Waals surface area contributed by atoms with Crippen molar-refractivity contribution in [2.75, 3.05) is 0 Å². The molecule has 8 aromatic rings. The zero-order chi connectivity index (χ0) is 39.1. The van der Waals surface area contributed by atoms with Gasteiger partial charge >= 0.3 is 0 Å². The minimum Gasteiger partial charge on any atom is -0.476 e. The molecule has 1 radical (unpaired) electrons. The summed E-state index contributed by atoms with van der Waals surface area (Å²) in [6, 6.07) is 42.6. The van der Waals surface area contributed by atoms with E-state index in [4.69, 9.17) is 14.0 Å². The zero-order valence-electron chi connectivity index (χ0n) is 34.3. The van der Waals surface area contributed by atoms with Crippen molar-refractivity contribution in [3.63, 3.8) is 0 Å². The second kappa shape index (κ2) is 14.3. The zero-order valence-corrected chi connectivity index (χ0v) is 29.7. The number of hydrogen-bond acceptors (Lipinski definition) is 3. The summed E-state index contributed by atoms with van der Waals surface area (Å²) < 4.78 is 59.6. The Hall–Kier alpha value is -4.89. The van der Waals surface area contributed by atoms with Gasteiger partial charge in [0.2, 0.25) is 0 Å². The molecule has 0 aliphatic carbocycles. The molecular weight excluding hydrogens is 777 g/mol. The first-order valence-electron chi connectivity index (χ1n) is 19.4. The first-order chi connectivity index (χ1) is 26.1. The molecule has 0 bridgehead atoms. The fourth-order valence-corrected chi connectivity index (χ4v) is 5.63. The van der Waals surface area contributed by atoms with E-state index in [2.05, 4.69) is 46.4 Å². The number of nitrogens with zero attached hydrogens (tertiary/aromatic N) is 2. The van der Waals surface area contributed by atoms with Crippen LogP contribution in [0.5, 0.6) is 0 Å². The van der Waals surface area contributed by atoms with Crippen LogP contribution in [-0.4, -0.2) is 9.97 Å². The molecule has 5 aromatic carbocycles. The van der Waals surface area contributed by atoms with E-state index in [-0.39, 0.29) is 25.7 Å². The Kier molecular flexibility index (Phi) is 7.60. The molecular formula is C45H38IrN2O-2. The van der Waals surface area contributed by atoms with E-state index in [9.17, 15) is 0 Å². The number of hydrogen-bond donors (Lipinski definition) is 0. The summed E-state index contributed by atoms with van der Waals surface area (Å²) in [5.41, 5.74) is 7.68. The van der Waals surface area contributed by atoms with Crippen molar-refractivity contribution in [2.24, 2.45) is 5.41 Å². The maximum Gasteiger partial charge on any atom is 0.124 e. The monoisotopic (exact) mass is 822 g/mol. The fourth-order valence-electron chi connectivity index (χ4n) is 5.63.